The summed E-state index contributed by atoms with van der Waals surface area (Å²) < 4.78 is 35.7. The van der Waals surface area contributed by atoms with Gasteiger partial charge in [0, 0.05) is 6.08 Å². The van der Waals surface area contributed by atoms with Crippen molar-refractivity contribution in [1.82, 2.24) is 0 Å². The Bertz CT molecular complexity index is 296. The van der Waals surface area contributed by atoms with Crippen LogP contribution in [0, 0.1) is 0 Å². The third kappa shape index (κ3) is 3.32. The van der Waals surface area contributed by atoms with Crippen LogP contribution < -0.4 is 0 Å². The van der Waals surface area contributed by atoms with E-state index in [-0.39, 0.29) is 5.57 Å². The van der Waals surface area contributed by atoms with Crippen molar-refractivity contribution in [3.8, 4) is 0 Å². The molecule has 0 unspecified atom stereocenters. The zero-order valence-electron chi connectivity index (χ0n) is 7.10. The van der Waals surface area contributed by atoms with Gasteiger partial charge in [-0.05, 0) is 18.1 Å². The molecule has 0 aliphatic carbocycles. The van der Waals surface area contributed by atoms with Gasteiger partial charge in [0.15, 0.2) is 0 Å². The molecule has 0 amide bonds. The summed E-state index contributed by atoms with van der Waals surface area (Å²) in [6, 6.07) is 8.49. The lowest BCUT2D eigenvalue weighted by Crippen LogP contribution is -2.02. The summed E-state index contributed by atoms with van der Waals surface area (Å²) in [6.07, 6.45) is -3.93. The van der Waals surface area contributed by atoms with Crippen LogP contribution in [-0.4, -0.2) is 6.18 Å². The Morgan fingerprint density at radius 3 is 2.15 bits per heavy atom. The highest BCUT2D eigenvalue weighted by atomic mass is 19.4. The predicted molar refractivity (Wildman–Crippen MR) is 46.1 cm³/mol. The van der Waals surface area contributed by atoms with Crippen LogP contribution in [0.2, 0.25) is 0 Å². The van der Waals surface area contributed by atoms with Crippen molar-refractivity contribution in [3.05, 3.63) is 42.0 Å². The fourth-order valence-electron chi connectivity index (χ4n) is 1.03. The van der Waals surface area contributed by atoms with Crippen molar-refractivity contribution in [2.75, 3.05) is 0 Å². The summed E-state index contributed by atoms with van der Waals surface area (Å²) in [5, 5.41) is 0. The number of rotatable bonds is 1. The molecule has 0 aromatic heterocycles. The molecule has 13 heavy (non-hydrogen) atoms. The smallest absolute Gasteiger partial charge is 0.167 e. The summed E-state index contributed by atoms with van der Waals surface area (Å²) in [5.74, 6) is 0. The Balaban J connectivity index is 2.92. The summed E-state index contributed by atoms with van der Waals surface area (Å²) in [4.78, 5) is 0. The highest BCUT2D eigenvalue weighted by Gasteiger charge is 2.23. The maximum Gasteiger partial charge on any atom is 0.410 e. The second-order valence-corrected chi connectivity index (χ2v) is 2.73. The van der Waals surface area contributed by atoms with Crippen LogP contribution in [0.3, 0.4) is 0 Å². The second-order valence-electron chi connectivity index (χ2n) is 2.73. The molecule has 0 saturated heterocycles. The first-order chi connectivity index (χ1) is 5.99. The summed E-state index contributed by atoms with van der Waals surface area (Å²) in [7, 11) is 0. The molecule has 0 bridgehead atoms. The molecule has 0 saturated carbocycles. The van der Waals surface area contributed by atoms with Gasteiger partial charge in [-0.2, -0.15) is 13.2 Å². The lowest BCUT2D eigenvalue weighted by molar-refractivity contribution is -0.0793. The average molecular weight is 186 g/mol. The van der Waals surface area contributed by atoms with E-state index in [9.17, 15) is 13.2 Å². The fraction of sp³-hybridized carbons (Fsp3) is 0.200. The largest absolute Gasteiger partial charge is 0.410 e. The van der Waals surface area contributed by atoms with E-state index in [1.165, 1.54) is 6.92 Å². The lowest BCUT2D eigenvalue weighted by Gasteiger charge is -2.03. The molecular weight excluding hydrogens is 177 g/mol. The normalized spacial score (nSPS) is 13.1. The third-order valence-electron chi connectivity index (χ3n) is 1.61. The number of halogens is 3. The Kier molecular flexibility index (Phi) is 2.76. The van der Waals surface area contributed by atoms with E-state index in [0.717, 1.165) is 0 Å². The number of benzene rings is 1. The fourth-order valence-corrected chi connectivity index (χ4v) is 1.03. The maximum absolute atomic E-state index is 11.9. The molecule has 0 aliphatic heterocycles. The molecule has 0 radical (unpaired) electrons. The summed E-state index contributed by atoms with van der Waals surface area (Å²) in [5.41, 5.74) is 0.827. The van der Waals surface area contributed by atoms with Crippen LogP contribution >= 0.6 is 0 Å². The Hall–Kier alpha value is -1.25. The Morgan fingerprint density at radius 1 is 1.15 bits per heavy atom. The van der Waals surface area contributed by atoms with Gasteiger partial charge in [0.2, 0.25) is 0 Å². The highest BCUT2D eigenvalue weighted by molar-refractivity contribution is 5.63. The van der Waals surface area contributed by atoms with Crippen molar-refractivity contribution in [3.63, 3.8) is 0 Å². The van der Waals surface area contributed by atoms with Gasteiger partial charge < -0.3 is 0 Å². The predicted octanol–water partition coefficient (Wildman–Crippen LogP) is 3.65. The first kappa shape index (κ1) is 9.84. The molecule has 0 N–H and O–H groups in total. The molecule has 0 spiro atoms. The van der Waals surface area contributed by atoms with Gasteiger partial charge >= 0.3 is 6.18 Å². The summed E-state index contributed by atoms with van der Waals surface area (Å²) >= 11 is 0. The average Bonchev–Trinajstić information content (AvgIpc) is 2.03. The van der Waals surface area contributed by atoms with Crippen LogP contribution in [0.25, 0.3) is 5.57 Å². The van der Waals surface area contributed by atoms with Gasteiger partial charge in [-0.25, -0.2) is 0 Å². The van der Waals surface area contributed by atoms with Crippen molar-refractivity contribution in [2.45, 2.75) is 13.1 Å². The van der Waals surface area contributed by atoms with Crippen LogP contribution in [-0.2, 0) is 0 Å². The van der Waals surface area contributed by atoms with Gasteiger partial charge in [0.05, 0.1) is 0 Å². The number of alkyl halides is 3. The summed E-state index contributed by atoms with van der Waals surface area (Å²) in [6.45, 7) is 1.45. The third-order valence-corrected chi connectivity index (χ3v) is 1.61. The minimum absolute atomic E-state index is 0.230. The van der Waals surface area contributed by atoms with Gasteiger partial charge in [0.25, 0.3) is 0 Å². The standard InChI is InChI=1S/C10H9F3/c1-8(7-10(11,12)13)9-5-3-2-4-6-9/h2-7H,1H3/b8-7+. The SMILES string of the molecule is C/C(=C\C(F)(F)F)c1ccccc1. The van der Waals surface area contributed by atoms with E-state index in [0.29, 0.717) is 11.6 Å². The lowest BCUT2D eigenvalue weighted by atomic mass is 10.1. The van der Waals surface area contributed by atoms with Crippen LogP contribution in [0.1, 0.15) is 12.5 Å². The Morgan fingerprint density at radius 2 is 1.69 bits per heavy atom. The zero-order chi connectivity index (χ0) is 9.90. The zero-order valence-corrected chi connectivity index (χ0v) is 7.10. The molecule has 0 heterocycles. The topological polar surface area (TPSA) is 0 Å². The minimum atomic E-state index is -4.24. The second kappa shape index (κ2) is 3.64. The molecule has 0 nitrogen and oxygen atoms in total. The van der Waals surface area contributed by atoms with E-state index in [2.05, 4.69) is 0 Å². The van der Waals surface area contributed by atoms with Gasteiger partial charge in [-0.15, -0.1) is 0 Å². The van der Waals surface area contributed by atoms with E-state index in [1.54, 1.807) is 30.3 Å². The Labute approximate surface area is 74.7 Å². The molecule has 0 aliphatic rings. The monoisotopic (exact) mass is 186 g/mol. The molecule has 0 atom stereocenters. The highest BCUT2D eigenvalue weighted by Crippen LogP contribution is 2.23. The van der Waals surface area contributed by atoms with Crippen LogP contribution in [0.4, 0.5) is 13.2 Å². The van der Waals surface area contributed by atoms with Gasteiger partial charge in [-0.3, -0.25) is 0 Å². The van der Waals surface area contributed by atoms with Crippen LogP contribution in [0.5, 0.6) is 0 Å². The molecule has 3 heteroatoms. The van der Waals surface area contributed by atoms with E-state index >= 15 is 0 Å². The van der Waals surface area contributed by atoms with E-state index in [1.807, 2.05) is 0 Å². The molecule has 1 aromatic carbocycles. The minimum Gasteiger partial charge on any atom is -0.167 e. The van der Waals surface area contributed by atoms with Gasteiger partial charge in [0.1, 0.15) is 0 Å². The van der Waals surface area contributed by atoms with Crippen molar-refractivity contribution in [1.29, 1.82) is 0 Å². The molecule has 70 valence electrons. The number of hydrogen-bond donors (Lipinski definition) is 0. The molecule has 1 rings (SSSR count). The molecular formula is C10H9F3. The first-order valence-electron chi connectivity index (χ1n) is 3.80. The van der Waals surface area contributed by atoms with Crippen molar-refractivity contribution < 1.29 is 13.2 Å². The van der Waals surface area contributed by atoms with Crippen molar-refractivity contribution in [2.24, 2.45) is 0 Å². The first-order valence-corrected chi connectivity index (χ1v) is 3.80. The van der Waals surface area contributed by atoms with Gasteiger partial charge in [-0.1, -0.05) is 30.3 Å². The quantitative estimate of drug-likeness (QED) is 0.628. The number of hydrogen-bond acceptors (Lipinski definition) is 0. The maximum atomic E-state index is 11.9. The number of allylic oxidation sites excluding steroid dienone is 2. The van der Waals surface area contributed by atoms with E-state index < -0.39 is 6.18 Å². The molecule has 0 fully saturated rings. The van der Waals surface area contributed by atoms with Crippen molar-refractivity contribution >= 4 is 5.57 Å². The van der Waals surface area contributed by atoms with E-state index in [4.69, 9.17) is 0 Å². The molecule has 1 aromatic rings. The van der Waals surface area contributed by atoms with Crippen LogP contribution in [0.15, 0.2) is 36.4 Å².